The predicted molar refractivity (Wildman–Crippen MR) is 72.3 cm³/mol. The second kappa shape index (κ2) is 5.67. The lowest BCUT2D eigenvalue weighted by atomic mass is 10.2. The first kappa shape index (κ1) is 14.0. The fraction of sp³-hybridized carbons (Fsp3) is 0.0769. The van der Waals surface area contributed by atoms with Crippen LogP contribution in [0.2, 0.25) is 5.02 Å². The summed E-state index contributed by atoms with van der Waals surface area (Å²) in [6.45, 7) is 0. The Labute approximate surface area is 116 Å². The number of nitrogens with two attached hydrogens (primary N) is 1. The molecule has 0 saturated carbocycles. The standard InChI is InChI=1S/C13H10ClF2NOS/c14-10-3-1-8(5-11(10)16)7-19(18)13-6-9(15)2-4-12(13)17/h1-6H,7,17H2. The molecule has 0 aliphatic heterocycles. The van der Waals surface area contributed by atoms with E-state index in [1.54, 1.807) is 6.07 Å². The molecule has 0 bridgehead atoms. The van der Waals surface area contributed by atoms with Gasteiger partial charge in [0.25, 0.3) is 0 Å². The summed E-state index contributed by atoms with van der Waals surface area (Å²) in [7, 11) is -1.55. The number of hydrogen-bond donors (Lipinski definition) is 1. The van der Waals surface area contributed by atoms with Gasteiger partial charge in [0.15, 0.2) is 0 Å². The molecule has 19 heavy (non-hydrogen) atoms. The normalized spacial score (nSPS) is 12.4. The van der Waals surface area contributed by atoms with Crippen LogP contribution in [0.25, 0.3) is 0 Å². The molecule has 0 aliphatic rings. The van der Waals surface area contributed by atoms with Crippen molar-refractivity contribution >= 4 is 28.1 Å². The summed E-state index contributed by atoms with van der Waals surface area (Å²) < 4.78 is 38.4. The summed E-state index contributed by atoms with van der Waals surface area (Å²) in [4.78, 5) is 0.204. The number of hydrogen-bond acceptors (Lipinski definition) is 2. The maximum atomic E-state index is 13.3. The molecule has 100 valence electrons. The molecule has 1 unspecified atom stereocenters. The highest BCUT2D eigenvalue weighted by atomic mass is 35.5. The van der Waals surface area contributed by atoms with Crippen LogP contribution in [-0.2, 0) is 16.6 Å². The van der Waals surface area contributed by atoms with Gasteiger partial charge in [-0.1, -0.05) is 17.7 Å². The van der Waals surface area contributed by atoms with Gasteiger partial charge in [-0.25, -0.2) is 8.78 Å². The minimum Gasteiger partial charge on any atom is -0.398 e. The Kier molecular flexibility index (Phi) is 4.17. The lowest BCUT2D eigenvalue weighted by molar-refractivity contribution is 0.622. The van der Waals surface area contributed by atoms with Crippen molar-refractivity contribution in [2.75, 3.05) is 5.73 Å². The molecule has 0 aliphatic carbocycles. The van der Waals surface area contributed by atoms with Crippen molar-refractivity contribution in [3.05, 3.63) is 58.6 Å². The maximum absolute atomic E-state index is 13.3. The molecule has 0 saturated heterocycles. The van der Waals surface area contributed by atoms with Gasteiger partial charge in [-0.15, -0.1) is 0 Å². The van der Waals surface area contributed by atoms with E-state index in [-0.39, 0.29) is 21.4 Å². The van der Waals surface area contributed by atoms with Crippen LogP contribution in [0.1, 0.15) is 5.56 Å². The first-order valence-corrected chi connectivity index (χ1v) is 7.04. The fourth-order valence-electron chi connectivity index (χ4n) is 1.56. The number of halogens is 3. The molecule has 1 atom stereocenters. The van der Waals surface area contributed by atoms with Gasteiger partial charge < -0.3 is 5.73 Å². The third kappa shape index (κ3) is 3.30. The summed E-state index contributed by atoms with van der Waals surface area (Å²) >= 11 is 5.56. The zero-order chi connectivity index (χ0) is 14.0. The quantitative estimate of drug-likeness (QED) is 0.882. The topological polar surface area (TPSA) is 43.1 Å². The largest absolute Gasteiger partial charge is 0.398 e. The van der Waals surface area contributed by atoms with Crippen molar-refractivity contribution in [3.63, 3.8) is 0 Å². The van der Waals surface area contributed by atoms with E-state index >= 15 is 0 Å². The summed E-state index contributed by atoms with van der Waals surface area (Å²) in [5, 5.41) is -0.000184. The molecule has 6 heteroatoms. The highest BCUT2D eigenvalue weighted by molar-refractivity contribution is 7.84. The monoisotopic (exact) mass is 301 g/mol. The highest BCUT2D eigenvalue weighted by Gasteiger charge is 2.11. The fourth-order valence-corrected chi connectivity index (χ4v) is 2.89. The minimum absolute atomic E-state index is 0.000184. The number of benzene rings is 2. The lowest BCUT2D eigenvalue weighted by Gasteiger charge is -2.06. The van der Waals surface area contributed by atoms with Crippen LogP contribution in [0.4, 0.5) is 14.5 Å². The van der Waals surface area contributed by atoms with Crippen LogP contribution >= 0.6 is 11.6 Å². The molecule has 0 spiro atoms. The molecular weight excluding hydrogens is 292 g/mol. The second-order valence-electron chi connectivity index (χ2n) is 3.92. The van der Waals surface area contributed by atoms with Gasteiger partial charge in [0.1, 0.15) is 11.6 Å². The molecule has 0 amide bonds. The van der Waals surface area contributed by atoms with Crippen molar-refractivity contribution in [1.29, 1.82) is 0 Å². The number of anilines is 1. The van der Waals surface area contributed by atoms with E-state index in [4.69, 9.17) is 17.3 Å². The maximum Gasteiger partial charge on any atom is 0.142 e. The molecule has 2 aromatic rings. The Morgan fingerprint density at radius 2 is 1.89 bits per heavy atom. The van der Waals surface area contributed by atoms with Crippen LogP contribution in [-0.4, -0.2) is 4.21 Å². The molecular formula is C13H10ClF2NOS. The van der Waals surface area contributed by atoms with Crippen LogP contribution in [0.3, 0.4) is 0 Å². The summed E-state index contributed by atoms with van der Waals surface area (Å²) in [5.74, 6) is -1.05. The van der Waals surface area contributed by atoms with Crippen LogP contribution < -0.4 is 5.73 Å². The van der Waals surface area contributed by atoms with Gasteiger partial charge in [-0.05, 0) is 35.9 Å². The number of rotatable bonds is 3. The van der Waals surface area contributed by atoms with Crippen LogP contribution in [0.15, 0.2) is 41.3 Å². The van der Waals surface area contributed by atoms with E-state index in [0.29, 0.717) is 5.56 Å². The first-order valence-electron chi connectivity index (χ1n) is 5.34. The Balaban J connectivity index is 2.25. The number of nitrogen functional groups attached to an aromatic ring is 1. The third-order valence-corrected chi connectivity index (χ3v) is 4.25. The average molecular weight is 302 g/mol. The molecule has 0 aromatic heterocycles. The molecule has 0 fully saturated rings. The first-order chi connectivity index (χ1) is 8.97. The second-order valence-corrected chi connectivity index (χ2v) is 5.75. The Morgan fingerprint density at radius 1 is 1.16 bits per heavy atom. The SMILES string of the molecule is Nc1ccc(F)cc1S(=O)Cc1ccc(Cl)c(F)c1. The van der Waals surface area contributed by atoms with Crippen LogP contribution in [0, 0.1) is 11.6 Å². The Morgan fingerprint density at radius 3 is 2.58 bits per heavy atom. The van der Waals surface area contributed by atoms with E-state index in [9.17, 15) is 13.0 Å². The van der Waals surface area contributed by atoms with E-state index < -0.39 is 22.4 Å². The Hall–Kier alpha value is -1.46. The van der Waals surface area contributed by atoms with Crippen LogP contribution in [0.5, 0.6) is 0 Å². The molecule has 0 radical (unpaired) electrons. The molecule has 2 aromatic carbocycles. The van der Waals surface area contributed by atoms with Crippen molar-refractivity contribution in [1.82, 2.24) is 0 Å². The lowest BCUT2D eigenvalue weighted by Crippen LogP contribution is -2.02. The van der Waals surface area contributed by atoms with Crippen molar-refractivity contribution in [2.45, 2.75) is 10.6 Å². The van der Waals surface area contributed by atoms with Gasteiger partial charge in [0, 0.05) is 5.69 Å². The van der Waals surface area contributed by atoms with Crippen molar-refractivity contribution < 1.29 is 13.0 Å². The highest BCUT2D eigenvalue weighted by Crippen LogP contribution is 2.22. The third-order valence-electron chi connectivity index (χ3n) is 2.50. The predicted octanol–water partition coefficient (Wildman–Crippen LogP) is 3.51. The average Bonchev–Trinajstić information content (AvgIpc) is 2.36. The van der Waals surface area contributed by atoms with Gasteiger partial charge in [0.05, 0.1) is 26.5 Å². The zero-order valence-electron chi connectivity index (χ0n) is 9.70. The van der Waals surface area contributed by atoms with Gasteiger partial charge in [-0.2, -0.15) is 0 Å². The Bertz CT molecular complexity index is 649. The van der Waals surface area contributed by atoms with E-state index in [0.717, 1.165) is 6.07 Å². The van der Waals surface area contributed by atoms with Crippen molar-refractivity contribution in [2.24, 2.45) is 0 Å². The van der Waals surface area contributed by atoms with Crippen molar-refractivity contribution in [3.8, 4) is 0 Å². The summed E-state index contributed by atoms with van der Waals surface area (Å²) in [6.07, 6.45) is 0. The molecule has 2 N–H and O–H groups in total. The smallest absolute Gasteiger partial charge is 0.142 e. The summed E-state index contributed by atoms with van der Waals surface area (Å²) in [6, 6.07) is 7.83. The minimum atomic E-state index is -1.55. The van der Waals surface area contributed by atoms with Gasteiger partial charge >= 0.3 is 0 Å². The zero-order valence-corrected chi connectivity index (χ0v) is 11.3. The van der Waals surface area contributed by atoms with Gasteiger partial charge in [0.2, 0.25) is 0 Å². The summed E-state index contributed by atoms with van der Waals surface area (Å²) in [5.41, 5.74) is 6.39. The van der Waals surface area contributed by atoms with E-state index in [1.807, 2.05) is 0 Å². The van der Waals surface area contributed by atoms with Gasteiger partial charge in [-0.3, -0.25) is 4.21 Å². The molecule has 2 rings (SSSR count). The molecule has 0 heterocycles. The van der Waals surface area contributed by atoms with E-state index in [1.165, 1.54) is 24.3 Å². The van der Waals surface area contributed by atoms with E-state index in [2.05, 4.69) is 0 Å². The molecule has 2 nitrogen and oxygen atoms in total.